The van der Waals surface area contributed by atoms with Crippen molar-refractivity contribution in [1.82, 2.24) is 0 Å². The van der Waals surface area contributed by atoms with Crippen molar-refractivity contribution in [3.63, 3.8) is 0 Å². The number of nitrogens with zero attached hydrogens (tertiary/aromatic N) is 1. The molecule has 0 radical (unpaired) electrons. The lowest BCUT2D eigenvalue weighted by Gasteiger charge is -2.32. The Kier molecular flexibility index (Phi) is 3.50. The van der Waals surface area contributed by atoms with Gasteiger partial charge in [-0.25, -0.2) is 4.79 Å². The molecule has 2 aromatic carbocycles. The molecule has 2 heterocycles. The molecule has 1 aromatic heterocycles. The van der Waals surface area contributed by atoms with E-state index < -0.39 is 0 Å². The van der Waals surface area contributed by atoms with E-state index in [1.807, 2.05) is 44.2 Å². The SMILES string of the molecule is Cc1ccc(Cl)cc1N1COc2ccc3c(C)cc(=O)oc3c2C1. The number of hydrogen-bond donors (Lipinski definition) is 0. The first-order valence-corrected chi connectivity index (χ1v) is 8.11. The summed E-state index contributed by atoms with van der Waals surface area (Å²) in [5, 5.41) is 1.61. The summed E-state index contributed by atoms with van der Waals surface area (Å²) in [5.41, 5.74) is 4.18. The monoisotopic (exact) mass is 341 g/mol. The number of halogens is 1. The van der Waals surface area contributed by atoms with Crippen molar-refractivity contribution in [3.8, 4) is 5.75 Å². The molecule has 0 saturated heterocycles. The summed E-state index contributed by atoms with van der Waals surface area (Å²) in [5.74, 6) is 0.757. The largest absolute Gasteiger partial charge is 0.473 e. The molecule has 0 N–H and O–H groups in total. The number of ether oxygens (including phenoxy) is 1. The van der Waals surface area contributed by atoms with Gasteiger partial charge in [-0.05, 0) is 49.2 Å². The molecule has 1 aliphatic rings. The van der Waals surface area contributed by atoms with Crippen LogP contribution < -0.4 is 15.3 Å². The van der Waals surface area contributed by atoms with Gasteiger partial charge in [0.25, 0.3) is 0 Å². The Bertz CT molecular complexity index is 1010. The van der Waals surface area contributed by atoms with Crippen molar-refractivity contribution in [2.75, 3.05) is 11.6 Å². The third kappa shape index (κ3) is 2.43. The fourth-order valence-electron chi connectivity index (χ4n) is 3.17. The summed E-state index contributed by atoms with van der Waals surface area (Å²) in [6, 6.07) is 11.2. The zero-order chi connectivity index (χ0) is 16.8. The van der Waals surface area contributed by atoms with Gasteiger partial charge >= 0.3 is 5.63 Å². The molecular weight excluding hydrogens is 326 g/mol. The van der Waals surface area contributed by atoms with Crippen LogP contribution in [-0.4, -0.2) is 6.73 Å². The summed E-state index contributed by atoms with van der Waals surface area (Å²) in [4.78, 5) is 13.9. The molecule has 0 bridgehead atoms. The fraction of sp³-hybridized carbons (Fsp3) is 0.211. The summed E-state index contributed by atoms with van der Waals surface area (Å²) in [6.07, 6.45) is 0. The second kappa shape index (κ2) is 5.56. The predicted octanol–water partition coefficient (Wildman–Crippen LogP) is 4.42. The zero-order valence-corrected chi connectivity index (χ0v) is 14.2. The molecule has 0 saturated carbocycles. The van der Waals surface area contributed by atoms with Gasteiger partial charge in [0.2, 0.25) is 0 Å². The maximum absolute atomic E-state index is 11.8. The summed E-state index contributed by atoms with van der Waals surface area (Å²) in [6.45, 7) is 4.97. The first kappa shape index (κ1) is 15.1. The Morgan fingerprint density at radius 3 is 2.75 bits per heavy atom. The molecule has 0 spiro atoms. The van der Waals surface area contributed by atoms with Crippen LogP contribution in [-0.2, 0) is 6.54 Å². The minimum absolute atomic E-state index is 0.343. The van der Waals surface area contributed by atoms with Crippen LogP contribution in [0.15, 0.2) is 45.6 Å². The van der Waals surface area contributed by atoms with Crippen LogP contribution in [0.2, 0.25) is 5.02 Å². The third-order valence-corrected chi connectivity index (χ3v) is 4.65. The van der Waals surface area contributed by atoms with Gasteiger partial charge in [-0.2, -0.15) is 0 Å². The van der Waals surface area contributed by atoms with Gasteiger partial charge in [0.1, 0.15) is 11.3 Å². The average Bonchev–Trinajstić information content (AvgIpc) is 2.56. The Morgan fingerprint density at radius 2 is 1.92 bits per heavy atom. The van der Waals surface area contributed by atoms with Crippen LogP contribution in [0.5, 0.6) is 5.75 Å². The molecule has 0 fully saturated rings. The maximum atomic E-state index is 11.8. The van der Waals surface area contributed by atoms with E-state index in [0.717, 1.165) is 33.5 Å². The van der Waals surface area contributed by atoms with Crippen molar-refractivity contribution < 1.29 is 9.15 Å². The van der Waals surface area contributed by atoms with E-state index in [-0.39, 0.29) is 5.63 Å². The quantitative estimate of drug-likeness (QED) is 0.614. The molecule has 24 heavy (non-hydrogen) atoms. The van der Waals surface area contributed by atoms with E-state index in [4.69, 9.17) is 20.8 Å². The molecule has 0 aliphatic carbocycles. The van der Waals surface area contributed by atoms with Crippen LogP contribution in [0.1, 0.15) is 16.7 Å². The molecule has 1 aliphatic heterocycles. The zero-order valence-electron chi connectivity index (χ0n) is 13.4. The van der Waals surface area contributed by atoms with Gasteiger partial charge in [0.05, 0.1) is 12.1 Å². The highest BCUT2D eigenvalue weighted by molar-refractivity contribution is 6.30. The van der Waals surface area contributed by atoms with E-state index in [0.29, 0.717) is 23.9 Å². The normalized spacial score (nSPS) is 13.7. The second-order valence-electron chi connectivity index (χ2n) is 6.07. The fourth-order valence-corrected chi connectivity index (χ4v) is 3.33. The lowest BCUT2D eigenvalue weighted by Crippen LogP contribution is -2.32. The highest BCUT2D eigenvalue weighted by Crippen LogP contribution is 2.35. The van der Waals surface area contributed by atoms with Crippen LogP contribution >= 0.6 is 11.6 Å². The molecule has 4 nitrogen and oxygen atoms in total. The van der Waals surface area contributed by atoms with Gasteiger partial charge in [0.15, 0.2) is 6.73 Å². The minimum atomic E-state index is -0.343. The van der Waals surface area contributed by atoms with Crippen molar-refractivity contribution in [2.24, 2.45) is 0 Å². The van der Waals surface area contributed by atoms with Crippen molar-refractivity contribution in [3.05, 3.63) is 68.5 Å². The average molecular weight is 342 g/mol. The Morgan fingerprint density at radius 1 is 1.08 bits per heavy atom. The van der Waals surface area contributed by atoms with Crippen molar-refractivity contribution >= 4 is 28.3 Å². The van der Waals surface area contributed by atoms with E-state index in [9.17, 15) is 4.79 Å². The topological polar surface area (TPSA) is 42.7 Å². The lowest BCUT2D eigenvalue weighted by molar-refractivity contribution is 0.289. The van der Waals surface area contributed by atoms with E-state index in [1.165, 1.54) is 6.07 Å². The Hall–Kier alpha value is -2.46. The first-order valence-electron chi connectivity index (χ1n) is 7.73. The van der Waals surface area contributed by atoms with Crippen molar-refractivity contribution in [1.29, 1.82) is 0 Å². The summed E-state index contributed by atoms with van der Waals surface area (Å²) >= 11 is 6.15. The van der Waals surface area contributed by atoms with Crippen LogP contribution in [0.25, 0.3) is 11.0 Å². The summed E-state index contributed by atoms with van der Waals surface area (Å²) in [7, 11) is 0. The molecule has 5 heteroatoms. The van der Waals surface area contributed by atoms with Gasteiger partial charge in [-0.3, -0.25) is 0 Å². The van der Waals surface area contributed by atoms with E-state index in [1.54, 1.807) is 0 Å². The Labute approximate surface area is 144 Å². The predicted molar refractivity (Wildman–Crippen MR) is 95.1 cm³/mol. The van der Waals surface area contributed by atoms with Crippen LogP contribution in [0.4, 0.5) is 5.69 Å². The van der Waals surface area contributed by atoms with Gasteiger partial charge in [-0.15, -0.1) is 0 Å². The van der Waals surface area contributed by atoms with Crippen LogP contribution in [0, 0.1) is 13.8 Å². The highest BCUT2D eigenvalue weighted by atomic mass is 35.5. The van der Waals surface area contributed by atoms with Gasteiger partial charge in [-0.1, -0.05) is 17.7 Å². The number of fused-ring (bicyclic) bond motifs is 3. The summed E-state index contributed by atoms with van der Waals surface area (Å²) < 4.78 is 11.4. The molecule has 3 aromatic rings. The van der Waals surface area contributed by atoms with Crippen LogP contribution in [0.3, 0.4) is 0 Å². The number of anilines is 1. The molecule has 0 amide bonds. The Balaban J connectivity index is 1.86. The van der Waals surface area contributed by atoms with Gasteiger partial charge < -0.3 is 14.1 Å². The molecule has 122 valence electrons. The van der Waals surface area contributed by atoms with E-state index >= 15 is 0 Å². The smallest absolute Gasteiger partial charge is 0.336 e. The maximum Gasteiger partial charge on any atom is 0.336 e. The number of benzene rings is 2. The lowest BCUT2D eigenvalue weighted by atomic mass is 10.0. The third-order valence-electron chi connectivity index (χ3n) is 4.42. The first-order chi connectivity index (χ1) is 11.5. The number of rotatable bonds is 1. The standard InChI is InChI=1S/C19H16ClNO3/c1-11-3-4-13(20)8-16(11)21-9-15-17(23-10-21)6-5-14-12(2)7-18(22)24-19(14)15/h3-8H,9-10H2,1-2H3. The molecule has 4 rings (SSSR count). The number of hydrogen-bond acceptors (Lipinski definition) is 4. The van der Waals surface area contributed by atoms with Crippen molar-refractivity contribution in [2.45, 2.75) is 20.4 Å². The highest BCUT2D eigenvalue weighted by Gasteiger charge is 2.23. The molecular formula is C19H16ClNO3. The second-order valence-corrected chi connectivity index (χ2v) is 6.51. The minimum Gasteiger partial charge on any atom is -0.473 e. The van der Waals surface area contributed by atoms with Gasteiger partial charge in [0, 0.05) is 22.2 Å². The number of aryl methyl sites for hydroxylation is 2. The van der Waals surface area contributed by atoms with E-state index in [2.05, 4.69) is 4.90 Å². The molecule has 0 unspecified atom stereocenters. The molecule has 0 atom stereocenters.